The zero-order chi connectivity index (χ0) is 14.1. The van der Waals surface area contributed by atoms with E-state index in [1.54, 1.807) is 0 Å². The molecule has 0 saturated heterocycles. The van der Waals surface area contributed by atoms with E-state index in [2.05, 4.69) is 46.0 Å². The predicted octanol–water partition coefficient (Wildman–Crippen LogP) is 4.95. The molecule has 2 nitrogen and oxygen atoms in total. The summed E-state index contributed by atoms with van der Waals surface area (Å²) in [4.78, 5) is 4.46. The first-order valence-corrected chi connectivity index (χ1v) is 8.26. The van der Waals surface area contributed by atoms with Gasteiger partial charge in [0, 0.05) is 5.39 Å². The summed E-state index contributed by atoms with van der Waals surface area (Å²) in [6.07, 6.45) is 6.69. The maximum absolute atomic E-state index is 5.87. The highest BCUT2D eigenvalue weighted by Gasteiger charge is 2.20. The number of hydrogen-bond donors (Lipinski definition) is 1. The minimum absolute atomic E-state index is 0.569. The van der Waals surface area contributed by atoms with Crippen molar-refractivity contribution in [3.8, 4) is 0 Å². The van der Waals surface area contributed by atoms with Crippen LogP contribution in [0.25, 0.3) is 10.9 Å². The highest BCUT2D eigenvalue weighted by atomic mass is 79.9. The summed E-state index contributed by atoms with van der Waals surface area (Å²) < 4.78 is 0.873. The van der Waals surface area contributed by atoms with E-state index < -0.39 is 0 Å². The average molecular weight is 333 g/mol. The van der Waals surface area contributed by atoms with Crippen LogP contribution >= 0.6 is 15.9 Å². The van der Waals surface area contributed by atoms with Crippen LogP contribution in [0.15, 0.2) is 28.7 Å². The molecule has 0 radical (unpaired) electrons. The van der Waals surface area contributed by atoms with Gasteiger partial charge < -0.3 is 5.73 Å². The largest absolute Gasteiger partial charge is 0.383 e. The molecule has 20 heavy (non-hydrogen) atoms. The van der Waals surface area contributed by atoms with Gasteiger partial charge in [0.2, 0.25) is 0 Å². The summed E-state index contributed by atoms with van der Waals surface area (Å²) in [5, 5.41) is 1.14. The van der Waals surface area contributed by atoms with Gasteiger partial charge in [-0.1, -0.05) is 31.9 Å². The SMILES string of the molecule is CC1CCC(CCc2ccc3cc(Br)c(N)nc3c2)C1. The molecule has 1 aromatic carbocycles. The Morgan fingerprint density at radius 2 is 2.15 bits per heavy atom. The summed E-state index contributed by atoms with van der Waals surface area (Å²) in [7, 11) is 0. The number of nitrogen functional groups attached to an aromatic ring is 1. The van der Waals surface area contributed by atoms with Crippen molar-refractivity contribution >= 4 is 32.7 Å². The molecule has 2 aromatic rings. The molecule has 1 aliphatic carbocycles. The molecular weight excluding hydrogens is 312 g/mol. The van der Waals surface area contributed by atoms with Gasteiger partial charge in [-0.2, -0.15) is 0 Å². The fourth-order valence-electron chi connectivity index (χ4n) is 3.32. The molecule has 2 unspecified atom stereocenters. The molecule has 3 rings (SSSR count). The topological polar surface area (TPSA) is 38.9 Å². The summed E-state index contributed by atoms with van der Waals surface area (Å²) in [6.45, 7) is 2.38. The van der Waals surface area contributed by atoms with E-state index in [0.717, 1.165) is 33.6 Å². The van der Waals surface area contributed by atoms with Gasteiger partial charge in [-0.15, -0.1) is 0 Å². The van der Waals surface area contributed by atoms with Gasteiger partial charge in [0.05, 0.1) is 9.99 Å². The first-order chi connectivity index (χ1) is 9.61. The van der Waals surface area contributed by atoms with E-state index in [9.17, 15) is 0 Å². The van der Waals surface area contributed by atoms with E-state index in [1.807, 2.05) is 6.07 Å². The van der Waals surface area contributed by atoms with Crippen LogP contribution in [0.1, 0.15) is 38.2 Å². The number of anilines is 1. The Balaban J connectivity index is 1.74. The summed E-state index contributed by atoms with van der Waals surface area (Å²) in [6, 6.07) is 8.61. The van der Waals surface area contributed by atoms with Crippen LogP contribution in [-0.2, 0) is 6.42 Å². The van der Waals surface area contributed by atoms with E-state index in [-0.39, 0.29) is 0 Å². The van der Waals surface area contributed by atoms with Crippen LogP contribution in [0.5, 0.6) is 0 Å². The molecule has 1 heterocycles. The predicted molar refractivity (Wildman–Crippen MR) is 88.7 cm³/mol. The van der Waals surface area contributed by atoms with Crippen molar-refractivity contribution in [3.63, 3.8) is 0 Å². The quantitative estimate of drug-likeness (QED) is 0.863. The normalized spacial score (nSPS) is 22.5. The molecule has 0 bridgehead atoms. The number of nitrogens with zero attached hydrogens (tertiary/aromatic N) is 1. The highest BCUT2D eigenvalue weighted by molar-refractivity contribution is 9.10. The number of aryl methyl sites for hydroxylation is 1. The first kappa shape index (κ1) is 13.9. The molecule has 0 aliphatic heterocycles. The standard InChI is InChI=1S/C17H21BrN2/c1-11-2-3-12(8-11)4-5-13-6-7-14-10-15(18)17(19)20-16(14)9-13/h6-7,9-12H,2-5,8H2,1H3,(H2,19,20). The molecule has 1 saturated carbocycles. The number of aromatic nitrogens is 1. The number of hydrogen-bond acceptors (Lipinski definition) is 2. The second-order valence-corrected chi connectivity index (χ2v) is 7.06. The van der Waals surface area contributed by atoms with Crippen molar-refractivity contribution in [1.29, 1.82) is 0 Å². The maximum Gasteiger partial charge on any atom is 0.138 e. The highest BCUT2D eigenvalue weighted by Crippen LogP contribution is 2.33. The van der Waals surface area contributed by atoms with Crippen LogP contribution in [0.4, 0.5) is 5.82 Å². The van der Waals surface area contributed by atoms with Crippen LogP contribution < -0.4 is 5.73 Å². The molecule has 1 fully saturated rings. The Kier molecular flexibility index (Phi) is 3.97. The second-order valence-electron chi connectivity index (χ2n) is 6.21. The molecular formula is C17H21BrN2. The van der Waals surface area contributed by atoms with Gasteiger partial charge in [0.25, 0.3) is 0 Å². The summed E-state index contributed by atoms with van der Waals surface area (Å²) in [5.41, 5.74) is 8.25. The molecule has 0 spiro atoms. The van der Waals surface area contributed by atoms with Crippen LogP contribution in [-0.4, -0.2) is 4.98 Å². The third-order valence-electron chi connectivity index (χ3n) is 4.51. The number of nitrogens with two attached hydrogens (primary N) is 1. The Hall–Kier alpha value is -1.09. The van der Waals surface area contributed by atoms with E-state index >= 15 is 0 Å². The molecule has 106 valence electrons. The molecule has 1 aliphatic rings. The summed E-state index contributed by atoms with van der Waals surface area (Å²) in [5.74, 6) is 2.42. The lowest BCUT2D eigenvalue weighted by atomic mass is 9.97. The zero-order valence-electron chi connectivity index (χ0n) is 11.9. The van der Waals surface area contributed by atoms with Crippen molar-refractivity contribution in [1.82, 2.24) is 4.98 Å². The van der Waals surface area contributed by atoms with Crippen LogP contribution in [0, 0.1) is 11.8 Å². The number of fused-ring (bicyclic) bond motifs is 1. The number of rotatable bonds is 3. The fourth-order valence-corrected chi connectivity index (χ4v) is 3.65. The summed E-state index contributed by atoms with van der Waals surface area (Å²) >= 11 is 3.43. The van der Waals surface area contributed by atoms with Gasteiger partial charge in [0.15, 0.2) is 0 Å². The lowest BCUT2D eigenvalue weighted by Gasteiger charge is -2.10. The van der Waals surface area contributed by atoms with Crippen molar-refractivity contribution in [2.45, 2.75) is 39.0 Å². The van der Waals surface area contributed by atoms with E-state index in [0.29, 0.717) is 5.82 Å². The van der Waals surface area contributed by atoms with Crippen LogP contribution in [0.3, 0.4) is 0 Å². The fraction of sp³-hybridized carbons (Fsp3) is 0.471. The smallest absolute Gasteiger partial charge is 0.138 e. The van der Waals surface area contributed by atoms with Gasteiger partial charge in [0.1, 0.15) is 5.82 Å². The van der Waals surface area contributed by atoms with Crippen molar-refractivity contribution in [2.75, 3.05) is 5.73 Å². The number of benzene rings is 1. The Morgan fingerprint density at radius 3 is 2.90 bits per heavy atom. The minimum atomic E-state index is 0.569. The molecule has 0 amide bonds. The van der Waals surface area contributed by atoms with Crippen LogP contribution in [0.2, 0.25) is 0 Å². The van der Waals surface area contributed by atoms with Crippen molar-refractivity contribution in [2.24, 2.45) is 11.8 Å². The van der Waals surface area contributed by atoms with E-state index in [4.69, 9.17) is 5.73 Å². The molecule has 2 N–H and O–H groups in total. The first-order valence-electron chi connectivity index (χ1n) is 7.46. The Labute approximate surface area is 128 Å². The van der Waals surface area contributed by atoms with Gasteiger partial charge in [-0.3, -0.25) is 0 Å². The molecule has 2 atom stereocenters. The molecule has 1 aromatic heterocycles. The monoisotopic (exact) mass is 332 g/mol. The van der Waals surface area contributed by atoms with Gasteiger partial charge >= 0.3 is 0 Å². The third kappa shape index (κ3) is 2.98. The Morgan fingerprint density at radius 1 is 1.30 bits per heavy atom. The van der Waals surface area contributed by atoms with Gasteiger partial charge in [-0.05, 0) is 64.7 Å². The lowest BCUT2D eigenvalue weighted by Crippen LogP contribution is -1.98. The Bertz CT molecular complexity index is 624. The second kappa shape index (κ2) is 5.72. The van der Waals surface area contributed by atoms with Crippen molar-refractivity contribution in [3.05, 3.63) is 34.3 Å². The number of halogens is 1. The van der Waals surface area contributed by atoms with Gasteiger partial charge in [-0.25, -0.2) is 4.98 Å². The maximum atomic E-state index is 5.87. The van der Waals surface area contributed by atoms with E-state index in [1.165, 1.54) is 31.2 Å². The third-order valence-corrected chi connectivity index (χ3v) is 5.14. The lowest BCUT2D eigenvalue weighted by molar-refractivity contribution is 0.480. The zero-order valence-corrected chi connectivity index (χ0v) is 13.5. The van der Waals surface area contributed by atoms with Crippen molar-refractivity contribution < 1.29 is 0 Å². The molecule has 3 heteroatoms. The minimum Gasteiger partial charge on any atom is -0.383 e. The number of pyridine rings is 1. The average Bonchev–Trinajstić information content (AvgIpc) is 2.84.